The third-order valence-electron chi connectivity index (χ3n) is 5.04. The number of hydrogen-bond acceptors (Lipinski definition) is 2. The standard InChI is InChI=1S/2C13H8ClN/c2*14-13-9-5-1-3-7-11(9)15-12-8-4-2-6-10(12)13/h2*1-8H. The van der Waals surface area contributed by atoms with Crippen molar-refractivity contribution < 1.29 is 0 Å². The highest BCUT2D eigenvalue weighted by Gasteiger charge is 2.06. The molecule has 0 amide bonds. The van der Waals surface area contributed by atoms with E-state index in [1.165, 1.54) is 0 Å². The molecule has 30 heavy (non-hydrogen) atoms. The lowest BCUT2D eigenvalue weighted by Gasteiger charge is -2.04. The van der Waals surface area contributed by atoms with E-state index in [2.05, 4.69) is 9.97 Å². The highest BCUT2D eigenvalue weighted by molar-refractivity contribution is 6.40. The van der Waals surface area contributed by atoms with Gasteiger partial charge in [-0.2, -0.15) is 0 Å². The molecular weight excluding hydrogens is 411 g/mol. The first-order valence-electron chi connectivity index (χ1n) is 9.58. The summed E-state index contributed by atoms with van der Waals surface area (Å²) in [6, 6.07) is 31.7. The smallest absolute Gasteiger partial charge is 0.0724 e. The Balaban J connectivity index is 0.000000128. The lowest BCUT2D eigenvalue weighted by molar-refractivity contribution is 1.50. The van der Waals surface area contributed by atoms with Gasteiger partial charge >= 0.3 is 0 Å². The van der Waals surface area contributed by atoms with E-state index in [-0.39, 0.29) is 0 Å². The number of benzene rings is 4. The Morgan fingerprint density at radius 1 is 0.367 bits per heavy atom. The highest BCUT2D eigenvalue weighted by atomic mass is 35.5. The minimum atomic E-state index is 0.788. The zero-order valence-corrected chi connectivity index (χ0v) is 17.4. The van der Waals surface area contributed by atoms with Gasteiger partial charge in [-0.25, -0.2) is 9.97 Å². The maximum atomic E-state index is 6.33. The lowest BCUT2D eigenvalue weighted by Crippen LogP contribution is -1.83. The average molecular weight is 427 g/mol. The molecule has 6 aromatic rings. The van der Waals surface area contributed by atoms with Crippen molar-refractivity contribution in [1.82, 2.24) is 9.97 Å². The molecule has 4 aromatic carbocycles. The Kier molecular flexibility index (Phi) is 4.96. The molecule has 0 N–H and O–H groups in total. The first-order valence-corrected chi connectivity index (χ1v) is 10.3. The zero-order chi connectivity index (χ0) is 20.5. The molecule has 2 heterocycles. The molecule has 0 aliphatic rings. The number of rotatable bonds is 0. The van der Waals surface area contributed by atoms with Crippen LogP contribution in [0.3, 0.4) is 0 Å². The van der Waals surface area contributed by atoms with Gasteiger partial charge in [0.05, 0.1) is 32.1 Å². The summed E-state index contributed by atoms with van der Waals surface area (Å²) in [6.07, 6.45) is 0. The average Bonchev–Trinajstić information content (AvgIpc) is 2.80. The predicted octanol–water partition coefficient (Wildman–Crippen LogP) is 8.08. The summed E-state index contributed by atoms with van der Waals surface area (Å²) in [5.74, 6) is 0. The van der Waals surface area contributed by atoms with Gasteiger partial charge in [0.25, 0.3) is 0 Å². The van der Waals surface area contributed by atoms with Gasteiger partial charge in [-0.15, -0.1) is 0 Å². The summed E-state index contributed by atoms with van der Waals surface area (Å²) in [5, 5.41) is 5.62. The first-order chi connectivity index (χ1) is 14.7. The molecule has 144 valence electrons. The van der Waals surface area contributed by atoms with Crippen molar-refractivity contribution in [3.63, 3.8) is 0 Å². The van der Waals surface area contributed by atoms with Crippen LogP contribution >= 0.6 is 23.2 Å². The van der Waals surface area contributed by atoms with Gasteiger partial charge < -0.3 is 0 Å². The Morgan fingerprint density at radius 3 is 0.867 bits per heavy atom. The number of aromatic nitrogens is 2. The molecule has 0 unspecified atom stereocenters. The predicted molar refractivity (Wildman–Crippen MR) is 129 cm³/mol. The molecule has 0 spiro atoms. The molecule has 4 heteroatoms. The summed E-state index contributed by atoms with van der Waals surface area (Å²) in [6.45, 7) is 0. The molecular formula is C26H16Cl2N2. The number of para-hydroxylation sites is 4. The van der Waals surface area contributed by atoms with Gasteiger partial charge in [0.1, 0.15) is 0 Å². The molecule has 0 fully saturated rings. The summed E-state index contributed by atoms with van der Waals surface area (Å²) in [4.78, 5) is 9.11. The molecule has 0 radical (unpaired) electrons. The highest BCUT2D eigenvalue weighted by Crippen LogP contribution is 2.30. The number of halogens is 2. The minimum Gasteiger partial charge on any atom is -0.248 e. The van der Waals surface area contributed by atoms with Crippen LogP contribution in [-0.4, -0.2) is 9.97 Å². The minimum absolute atomic E-state index is 0.788. The van der Waals surface area contributed by atoms with Gasteiger partial charge in [0.2, 0.25) is 0 Å². The number of hydrogen-bond donors (Lipinski definition) is 0. The largest absolute Gasteiger partial charge is 0.248 e. The SMILES string of the molecule is Clc1c2ccccc2nc2ccccc12.Clc1c2ccccc2nc2ccccc12. The van der Waals surface area contributed by atoms with Gasteiger partial charge in [-0.1, -0.05) is 96.0 Å². The van der Waals surface area contributed by atoms with Crippen LogP contribution in [0.4, 0.5) is 0 Å². The normalized spacial score (nSPS) is 11.0. The fourth-order valence-corrected chi connectivity index (χ4v) is 4.22. The molecule has 0 saturated carbocycles. The van der Waals surface area contributed by atoms with E-state index in [1.807, 2.05) is 97.1 Å². The third kappa shape index (κ3) is 3.35. The Morgan fingerprint density at radius 2 is 0.600 bits per heavy atom. The number of fused-ring (bicyclic) bond motifs is 4. The number of nitrogens with zero attached hydrogens (tertiary/aromatic N) is 2. The second kappa shape index (κ2) is 7.91. The van der Waals surface area contributed by atoms with E-state index in [0.717, 1.165) is 53.7 Å². The summed E-state index contributed by atoms with van der Waals surface area (Å²) in [7, 11) is 0. The van der Waals surface area contributed by atoms with Crippen LogP contribution in [0.5, 0.6) is 0 Å². The van der Waals surface area contributed by atoms with Gasteiger partial charge in [0, 0.05) is 21.5 Å². The van der Waals surface area contributed by atoms with E-state index in [9.17, 15) is 0 Å². The van der Waals surface area contributed by atoms with Crippen molar-refractivity contribution in [3.05, 3.63) is 107 Å². The van der Waals surface area contributed by atoms with Crippen molar-refractivity contribution in [2.75, 3.05) is 0 Å². The van der Waals surface area contributed by atoms with E-state index >= 15 is 0 Å². The van der Waals surface area contributed by atoms with Crippen LogP contribution in [0.25, 0.3) is 43.6 Å². The van der Waals surface area contributed by atoms with Crippen LogP contribution in [0.1, 0.15) is 0 Å². The fraction of sp³-hybridized carbons (Fsp3) is 0. The molecule has 2 aromatic heterocycles. The monoisotopic (exact) mass is 426 g/mol. The van der Waals surface area contributed by atoms with E-state index in [1.54, 1.807) is 0 Å². The molecule has 6 rings (SSSR count). The van der Waals surface area contributed by atoms with Crippen LogP contribution in [-0.2, 0) is 0 Å². The zero-order valence-electron chi connectivity index (χ0n) is 15.9. The maximum absolute atomic E-state index is 6.33. The Bertz CT molecular complexity index is 1300. The Hall–Kier alpha value is -3.20. The third-order valence-corrected chi connectivity index (χ3v) is 5.86. The molecule has 0 saturated heterocycles. The van der Waals surface area contributed by atoms with Crippen molar-refractivity contribution in [1.29, 1.82) is 0 Å². The van der Waals surface area contributed by atoms with Crippen molar-refractivity contribution in [2.45, 2.75) is 0 Å². The quantitative estimate of drug-likeness (QED) is 0.229. The van der Waals surface area contributed by atoms with E-state index < -0.39 is 0 Å². The second-order valence-electron chi connectivity index (χ2n) is 6.92. The molecule has 2 nitrogen and oxygen atoms in total. The fourth-order valence-electron chi connectivity index (χ4n) is 3.58. The summed E-state index contributed by atoms with van der Waals surface area (Å²) >= 11 is 12.7. The van der Waals surface area contributed by atoms with Crippen LogP contribution in [0.2, 0.25) is 10.0 Å². The Labute approximate surface area is 183 Å². The molecule has 0 atom stereocenters. The van der Waals surface area contributed by atoms with Gasteiger partial charge in [0.15, 0.2) is 0 Å². The van der Waals surface area contributed by atoms with Crippen molar-refractivity contribution >= 4 is 66.8 Å². The molecule has 0 aliphatic carbocycles. The topological polar surface area (TPSA) is 25.8 Å². The van der Waals surface area contributed by atoms with Crippen LogP contribution in [0.15, 0.2) is 97.1 Å². The van der Waals surface area contributed by atoms with E-state index in [4.69, 9.17) is 23.2 Å². The van der Waals surface area contributed by atoms with Crippen molar-refractivity contribution in [2.24, 2.45) is 0 Å². The number of pyridine rings is 2. The first kappa shape index (κ1) is 18.8. The lowest BCUT2D eigenvalue weighted by atomic mass is 10.1. The summed E-state index contributed by atoms with van der Waals surface area (Å²) < 4.78 is 0. The van der Waals surface area contributed by atoms with Crippen LogP contribution < -0.4 is 0 Å². The van der Waals surface area contributed by atoms with Crippen LogP contribution in [0, 0.1) is 0 Å². The van der Waals surface area contributed by atoms with Crippen molar-refractivity contribution in [3.8, 4) is 0 Å². The second-order valence-corrected chi connectivity index (χ2v) is 7.68. The molecule has 0 bridgehead atoms. The molecule has 0 aliphatic heterocycles. The summed E-state index contributed by atoms with van der Waals surface area (Å²) in [5.41, 5.74) is 3.78. The maximum Gasteiger partial charge on any atom is 0.0724 e. The van der Waals surface area contributed by atoms with Gasteiger partial charge in [-0.05, 0) is 24.3 Å². The van der Waals surface area contributed by atoms with E-state index in [0.29, 0.717) is 0 Å². The van der Waals surface area contributed by atoms with Gasteiger partial charge in [-0.3, -0.25) is 0 Å².